The lowest BCUT2D eigenvalue weighted by Crippen LogP contribution is -2.46. The molecule has 2 atom stereocenters. The third kappa shape index (κ3) is 2.51. The molecule has 0 aliphatic carbocycles. The van der Waals surface area contributed by atoms with E-state index in [-0.39, 0.29) is 12.0 Å². The number of carbonyl (C=O) groups is 1. The average molecular weight is 253 g/mol. The van der Waals surface area contributed by atoms with Gasteiger partial charge < -0.3 is 10.5 Å². The van der Waals surface area contributed by atoms with Crippen molar-refractivity contribution >= 4 is 11.9 Å². The molecule has 2 rings (SSSR count). The maximum atomic E-state index is 12.4. The molecule has 1 fully saturated rings. The average Bonchev–Trinajstić information content (AvgIpc) is 2.81. The van der Waals surface area contributed by atoms with Gasteiger partial charge >= 0.3 is 0 Å². The van der Waals surface area contributed by atoms with Crippen molar-refractivity contribution in [2.75, 3.05) is 13.2 Å². The van der Waals surface area contributed by atoms with E-state index in [1.54, 1.807) is 4.90 Å². The molecule has 2 unspecified atom stereocenters. The smallest absolute Gasteiger partial charge is 0.257 e. The second-order valence-electron chi connectivity index (χ2n) is 5.89. The summed E-state index contributed by atoms with van der Waals surface area (Å²) in [4.78, 5) is 18.4. The van der Waals surface area contributed by atoms with Crippen LogP contribution in [-0.4, -0.2) is 41.6 Å². The number of hydrogen-bond acceptors (Lipinski definition) is 4. The summed E-state index contributed by atoms with van der Waals surface area (Å²) in [5, 5.41) is 0. The Morgan fingerprint density at radius 2 is 2.33 bits per heavy atom. The summed E-state index contributed by atoms with van der Waals surface area (Å²) in [5.74, 6) is 0.779. The lowest BCUT2D eigenvalue weighted by atomic mass is 9.91. The lowest BCUT2D eigenvalue weighted by Gasteiger charge is -2.25. The van der Waals surface area contributed by atoms with Gasteiger partial charge in [0.2, 0.25) is 0 Å². The summed E-state index contributed by atoms with van der Waals surface area (Å²) < 4.78 is 5.56. The van der Waals surface area contributed by atoms with Crippen molar-refractivity contribution < 1.29 is 9.53 Å². The summed E-state index contributed by atoms with van der Waals surface area (Å²) in [6.45, 7) is 7.38. The highest BCUT2D eigenvalue weighted by Gasteiger charge is 2.44. The lowest BCUT2D eigenvalue weighted by molar-refractivity contribution is -0.132. The Bertz CT molecular complexity index is 361. The number of carbonyl (C=O) groups excluding carboxylic acids is 1. The van der Waals surface area contributed by atoms with Crippen molar-refractivity contribution in [3.63, 3.8) is 0 Å². The van der Waals surface area contributed by atoms with Crippen molar-refractivity contribution in [2.24, 2.45) is 16.6 Å². The molecule has 2 aliphatic rings. The van der Waals surface area contributed by atoms with Crippen molar-refractivity contribution in [2.45, 2.75) is 51.7 Å². The number of nitrogens with two attached hydrogens (primary N) is 1. The van der Waals surface area contributed by atoms with E-state index in [9.17, 15) is 4.79 Å². The molecule has 2 heterocycles. The van der Waals surface area contributed by atoms with Crippen LogP contribution in [0.3, 0.4) is 0 Å². The van der Waals surface area contributed by atoms with Crippen LogP contribution >= 0.6 is 0 Å². The van der Waals surface area contributed by atoms with E-state index in [0.717, 1.165) is 25.9 Å². The first kappa shape index (κ1) is 13.3. The predicted molar refractivity (Wildman–Crippen MR) is 70.2 cm³/mol. The van der Waals surface area contributed by atoms with Gasteiger partial charge in [0, 0.05) is 6.61 Å². The second kappa shape index (κ2) is 4.88. The van der Waals surface area contributed by atoms with Crippen molar-refractivity contribution in [1.82, 2.24) is 4.90 Å². The Labute approximate surface area is 108 Å². The van der Waals surface area contributed by atoms with Crippen LogP contribution in [0.5, 0.6) is 0 Å². The highest BCUT2D eigenvalue weighted by atomic mass is 16.5. The minimum absolute atomic E-state index is 0.0178. The predicted octanol–water partition coefficient (Wildman–Crippen LogP) is 1.13. The zero-order valence-corrected chi connectivity index (χ0v) is 11.5. The Morgan fingerprint density at radius 1 is 1.61 bits per heavy atom. The highest BCUT2D eigenvalue weighted by molar-refractivity contribution is 6.06. The van der Waals surface area contributed by atoms with Gasteiger partial charge in [-0.25, -0.2) is 4.99 Å². The Morgan fingerprint density at radius 3 is 2.89 bits per heavy atom. The molecular formula is C13H23N3O2. The minimum Gasteiger partial charge on any atom is -0.376 e. The molecule has 2 aliphatic heterocycles. The third-order valence-corrected chi connectivity index (χ3v) is 3.56. The maximum absolute atomic E-state index is 12.4. The normalized spacial score (nSPS) is 32.4. The van der Waals surface area contributed by atoms with Crippen LogP contribution in [0.15, 0.2) is 4.99 Å². The van der Waals surface area contributed by atoms with E-state index >= 15 is 0 Å². The van der Waals surface area contributed by atoms with Gasteiger partial charge in [0.15, 0.2) is 5.96 Å². The first-order valence-electron chi connectivity index (χ1n) is 6.71. The first-order chi connectivity index (χ1) is 8.42. The second-order valence-corrected chi connectivity index (χ2v) is 5.89. The molecule has 0 radical (unpaired) electrons. The van der Waals surface area contributed by atoms with Crippen LogP contribution in [0.1, 0.15) is 40.0 Å². The third-order valence-electron chi connectivity index (χ3n) is 3.56. The molecule has 0 aromatic heterocycles. The molecule has 1 amide bonds. The van der Waals surface area contributed by atoms with Crippen LogP contribution in [0, 0.1) is 5.92 Å². The van der Waals surface area contributed by atoms with Crippen molar-refractivity contribution in [3.8, 4) is 0 Å². The Hall–Kier alpha value is -1.10. The summed E-state index contributed by atoms with van der Waals surface area (Å²) >= 11 is 0. The van der Waals surface area contributed by atoms with Gasteiger partial charge in [0.25, 0.3) is 5.91 Å². The zero-order chi connectivity index (χ0) is 13.3. The van der Waals surface area contributed by atoms with Gasteiger partial charge in [-0.3, -0.25) is 9.69 Å². The highest BCUT2D eigenvalue weighted by Crippen LogP contribution is 2.29. The standard InChI is InChI=1S/C13H23N3O2/c1-9(2)7-13(3)11(17)16(12(14)15-13)8-10-5-4-6-18-10/h9-10H,4-8H2,1-3H3,(H2,14,15). The van der Waals surface area contributed by atoms with E-state index in [4.69, 9.17) is 10.5 Å². The number of ether oxygens (including phenoxy) is 1. The van der Waals surface area contributed by atoms with Crippen LogP contribution < -0.4 is 5.73 Å². The Kier molecular flexibility index (Phi) is 3.61. The minimum atomic E-state index is -0.684. The van der Waals surface area contributed by atoms with Crippen LogP contribution in [-0.2, 0) is 9.53 Å². The van der Waals surface area contributed by atoms with Crippen LogP contribution in [0.25, 0.3) is 0 Å². The molecule has 5 heteroatoms. The van der Waals surface area contributed by atoms with Gasteiger partial charge in [-0.05, 0) is 32.1 Å². The van der Waals surface area contributed by atoms with Gasteiger partial charge in [-0.1, -0.05) is 13.8 Å². The largest absolute Gasteiger partial charge is 0.376 e. The molecular weight excluding hydrogens is 230 g/mol. The Balaban J connectivity index is 2.05. The summed E-state index contributed by atoms with van der Waals surface area (Å²) in [6.07, 6.45) is 2.91. The zero-order valence-electron chi connectivity index (χ0n) is 11.5. The van der Waals surface area contributed by atoms with Crippen LogP contribution in [0.2, 0.25) is 0 Å². The molecule has 0 bridgehead atoms. The quantitative estimate of drug-likeness (QED) is 0.816. The van der Waals surface area contributed by atoms with Crippen molar-refractivity contribution in [1.29, 1.82) is 0 Å². The number of rotatable bonds is 4. The van der Waals surface area contributed by atoms with E-state index in [0.29, 0.717) is 18.4 Å². The molecule has 102 valence electrons. The summed E-state index contributed by atoms with van der Waals surface area (Å²) in [7, 11) is 0. The molecule has 1 saturated heterocycles. The number of nitrogens with zero attached hydrogens (tertiary/aromatic N) is 2. The molecule has 0 aromatic rings. The van der Waals surface area contributed by atoms with E-state index in [1.807, 2.05) is 6.92 Å². The fourth-order valence-electron chi connectivity index (χ4n) is 2.85. The molecule has 5 nitrogen and oxygen atoms in total. The molecule has 0 aromatic carbocycles. The van der Waals surface area contributed by atoms with E-state index in [2.05, 4.69) is 18.8 Å². The summed E-state index contributed by atoms with van der Waals surface area (Å²) in [5.41, 5.74) is 5.21. The summed E-state index contributed by atoms with van der Waals surface area (Å²) in [6, 6.07) is 0. The first-order valence-corrected chi connectivity index (χ1v) is 6.71. The number of hydrogen-bond donors (Lipinski definition) is 1. The van der Waals surface area contributed by atoms with Crippen molar-refractivity contribution in [3.05, 3.63) is 0 Å². The van der Waals surface area contributed by atoms with Gasteiger partial charge in [-0.15, -0.1) is 0 Å². The number of amides is 1. The van der Waals surface area contributed by atoms with Crippen LogP contribution in [0.4, 0.5) is 0 Å². The maximum Gasteiger partial charge on any atom is 0.257 e. The molecule has 2 N–H and O–H groups in total. The SMILES string of the molecule is CC(C)CC1(C)N=C(N)N(CC2CCCO2)C1=O. The number of aliphatic imine (C=N–C) groups is 1. The van der Waals surface area contributed by atoms with Gasteiger partial charge in [-0.2, -0.15) is 0 Å². The molecule has 0 saturated carbocycles. The fraction of sp³-hybridized carbons (Fsp3) is 0.846. The fourth-order valence-corrected chi connectivity index (χ4v) is 2.85. The van der Waals surface area contributed by atoms with Gasteiger partial charge in [0.1, 0.15) is 5.54 Å². The molecule has 18 heavy (non-hydrogen) atoms. The monoisotopic (exact) mass is 253 g/mol. The van der Waals surface area contributed by atoms with E-state index < -0.39 is 5.54 Å². The molecule has 0 spiro atoms. The number of guanidine groups is 1. The van der Waals surface area contributed by atoms with Gasteiger partial charge in [0.05, 0.1) is 12.6 Å². The topological polar surface area (TPSA) is 67.9 Å². The van der Waals surface area contributed by atoms with E-state index in [1.165, 1.54) is 0 Å².